The molecule has 1 aromatic heterocycles. The number of rotatable bonds is 10. The normalized spacial score (nSPS) is 17.5. The van der Waals surface area contributed by atoms with Crippen molar-refractivity contribution in [2.45, 2.75) is 68.8 Å². The van der Waals surface area contributed by atoms with Crippen LogP contribution in [0.2, 0.25) is 0 Å². The van der Waals surface area contributed by atoms with Crippen LogP contribution in [-0.4, -0.2) is 53.6 Å². The summed E-state index contributed by atoms with van der Waals surface area (Å²) in [5, 5.41) is 0. The number of imidazole rings is 1. The van der Waals surface area contributed by atoms with E-state index < -0.39 is 39.4 Å². The number of H-pyrrole nitrogens is 1. The number of piperidine rings is 1. The van der Waals surface area contributed by atoms with Gasteiger partial charge in [0.2, 0.25) is 15.9 Å². The predicted octanol–water partition coefficient (Wildman–Crippen LogP) is 4.56. The molecule has 2 aromatic carbocycles. The maximum atomic E-state index is 14.2. The maximum absolute atomic E-state index is 14.2. The molecule has 0 unspecified atom stereocenters. The van der Waals surface area contributed by atoms with Crippen molar-refractivity contribution in [3.8, 4) is 11.3 Å². The molecule has 1 amide bonds. The number of Topliss-reactive ketones (excluding diaryl/α,β-unsaturated/α-hetero) is 1. The fourth-order valence-electron chi connectivity index (χ4n) is 4.81. The number of carbonyl (C=O) groups excluding carboxylic acids is 2. The number of ketones is 1. The van der Waals surface area contributed by atoms with Gasteiger partial charge >= 0.3 is 0 Å². The summed E-state index contributed by atoms with van der Waals surface area (Å²) in [5.74, 6) is -2.32. The molecule has 0 radical (unpaired) electrons. The number of hydrogen-bond donors (Lipinski definition) is 2. The van der Waals surface area contributed by atoms with Gasteiger partial charge in [-0.15, -0.1) is 0 Å². The summed E-state index contributed by atoms with van der Waals surface area (Å²) < 4.78 is 56.1. The zero-order valence-electron chi connectivity index (χ0n) is 21.9. The average molecular weight is 559 g/mol. The van der Waals surface area contributed by atoms with Crippen molar-refractivity contribution in [2.24, 2.45) is 0 Å². The van der Waals surface area contributed by atoms with E-state index in [1.807, 2.05) is 6.92 Å². The van der Waals surface area contributed by atoms with Crippen LogP contribution in [0.3, 0.4) is 0 Å². The van der Waals surface area contributed by atoms with Crippen LogP contribution in [0.25, 0.3) is 11.3 Å². The molecule has 3 atom stereocenters. The van der Waals surface area contributed by atoms with Gasteiger partial charge in [-0.05, 0) is 50.5 Å². The molecular formula is C28H32F2N4O4S. The number of carbonyl (C=O) groups is 2. The maximum Gasteiger partial charge on any atom is 0.241 e. The Morgan fingerprint density at radius 3 is 2.56 bits per heavy atom. The second-order valence-electron chi connectivity index (χ2n) is 10.0. The Morgan fingerprint density at radius 1 is 1.13 bits per heavy atom. The van der Waals surface area contributed by atoms with Gasteiger partial charge in [0, 0.05) is 36.6 Å². The van der Waals surface area contributed by atoms with Gasteiger partial charge in [0.1, 0.15) is 17.5 Å². The largest absolute Gasteiger partial charge is 0.342 e. The summed E-state index contributed by atoms with van der Waals surface area (Å²) in [6.45, 7) is 4.24. The minimum atomic E-state index is -4.07. The van der Waals surface area contributed by atoms with E-state index in [2.05, 4.69) is 14.7 Å². The number of aromatic amines is 1. The van der Waals surface area contributed by atoms with Gasteiger partial charge in [0.15, 0.2) is 5.78 Å². The molecule has 11 heteroatoms. The summed E-state index contributed by atoms with van der Waals surface area (Å²) in [4.78, 5) is 35.6. The van der Waals surface area contributed by atoms with Crippen LogP contribution in [0.5, 0.6) is 0 Å². The molecule has 1 fully saturated rings. The Balaban J connectivity index is 1.53. The van der Waals surface area contributed by atoms with Crippen molar-refractivity contribution in [2.75, 3.05) is 6.54 Å². The lowest BCUT2D eigenvalue weighted by Crippen LogP contribution is -2.48. The SMILES string of the molecule is C[C@H](CC(=O)[C@H](CC(=O)N1CCCC[C@@H]1C)NS(=O)(=O)c1ccccc1)c1ncc(-c2ccc(F)cc2F)[nH]1. The molecule has 2 heterocycles. The molecule has 0 bridgehead atoms. The number of halogens is 2. The van der Waals surface area contributed by atoms with Gasteiger partial charge in [-0.3, -0.25) is 9.59 Å². The van der Waals surface area contributed by atoms with Crippen LogP contribution < -0.4 is 4.72 Å². The van der Waals surface area contributed by atoms with Crippen molar-refractivity contribution in [3.63, 3.8) is 0 Å². The highest BCUT2D eigenvalue weighted by atomic mass is 32.2. The first-order valence-corrected chi connectivity index (χ1v) is 14.4. The number of benzene rings is 2. The minimum absolute atomic E-state index is 0.00774. The number of likely N-dealkylation sites (tertiary alicyclic amines) is 1. The first kappa shape index (κ1) is 28.6. The molecule has 1 aliphatic rings. The van der Waals surface area contributed by atoms with Crippen LogP contribution in [0.1, 0.15) is 57.7 Å². The Hall–Kier alpha value is -3.44. The van der Waals surface area contributed by atoms with E-state index in [4.69, 9.17) is 0 Å². The second-order valence-corrected chi connectivity index (χ2v) is 11.7. The van der Waals surface area contributed by atoms with Gasteiger partial charge in [-0.2, -0.15) is 0 Å². The van der Waals surface area contributed by atoms with Gasteiger partial charge < -0.3 is 9.88 Å². The Labute approximate surface area is 226 Å². The number of sulfonamides is 1. The van der Waals surface area contributed by atoms with Crippen LogP contribution >= 0.6 is 0 Å². The second kappa shape index (κ2) is 12.2. The number of nitrogens with zero attached hydrogens (tertiary/aromatic N) is 2. The lowest BCUT2D eigenvalue weighted by Gasteiger charge is -2.34. The first-order valence-electron chi connectivity index (χ1n) is 12.9. The molecule has 8 nitrogen and oxygen atoms in total. The van der Waals surface area contributed by atoms with Crippen molar-refractivity contribution in [1.29, 1.82) is 0 Å². The minimum Gasteiger partial charge on any atom is -0.342 e. The number of amides is 1. The number of hydrogen-bond acceptors (Lipinski definition) is 5. The average Bonchev–Trinajstić information content (AvgIpc) is 3.39. The van der Waals surface area contributed by atoms with E-state index in [9.17, 15) is 26.8 Å². The molecule has 1 aliphatic heterocycles. The summed E-state index contributed by atoms with van der Waals surface area (Å²) in [6.07, 6.45) is 3.70. The molecule has 4 rings (SSSR count). The molecule has 0 aliphatic carbocycles. The highest BCUT2D eigenvalue weighted by molar-refractivity contribution is 7.89. The summed E-state index contributed by atoms with van der Waals surface area (Å²) in [5.41, 5.74) is 0.445. The van der Waals surface area contributed by atoms with Crippen molar-refractivity contribution >= 4 is 21.7 Å². The quantitative estimate of drug-likeness (QED) is 0.379. The summed E-state index contributed by atoms with van der Waals surface area (Å²) in [6, 6.07) is 9.60. The molecule has 0 spiro atoms. The Morgan fingerprint density at radius 2 is 1.87 bits per heavy atom. The van der Waals surface area contributed by atoms with Crippen LogP contribution in [-0.2, 0) is 19.6 Å². The van der Waals surface area contributed by atoms with Gasteiger partial charge in [-0.1, -0.05) is 25.1 Å². The fourth-order valence-corrected chi connectivity index (χ4v) is 6.05. The fraction of sp³-hybridized carbons (Fsp3) is 0.393. The first-order chi connectivity index (χ1) is 18.5. The van der Waals surface area contributed by atoms with Gasteiger partial charge in [-0.25, -0.2) is 26.9 Å². The lowest BCUT2D eigenvalue weighted by molar-refractivity contribution is -0.137. The van der Waals surface area contributed by atoms with E-state index in [-0.39, 0.29) is 35.2 Å². The van der Waals surface area contributed by atoms with Crippen molar-refractivity contribution < 1.29 is 26.8 Å². The molecule has 39 heavy (non-hydrogen) atoms. The monoisotopic (exact) mass is 558 g/mol. The molecule has 3 aromatic rings. The predicted molar refractivity (Wildman–Crippen MR) is 142 cm³/mol. The lowest BCUT2D eigenvalue weighted by atomic mass is 9.97. The molecule has 2 N–H and O–H groups in total. The third-order valence-corrected chi connectivity index (χ3v) is 8.52. The number of aromatic nitrogens is 2. The van der Waals surface area contributed by atoms with Crippen LogP contribution in [0, 0.1) is 11.6 Å². The van der Waals surface area contributed by atoms with E-state index in [0.29, 0.717) is 18.1 Å². The molecule has 208 valence electrons. The number of nitrogens with one attached hydrogen (secondary N) is 2. The highest BCUT2D eigenvalue weighted by Gasteiger charge is 2.32. The summed E-state index contributed by atoms with van der Waals surface area (Å²) >= 11 is 0. The Kier molecular flexibility index (Phi) is 8.91. The molecule has 1 saturated heterocycles. The van der Waals surface area contributed by atoms with E-state index in [0.717, 1.165) is 31.4 Å². The van der Waals surface area contributed by atoms with Gasteiger partial charge in [0.25, 0.3) is 0 Å². The van der Waals surface area contributed by atoms with E-state index in [1.54, 1.807) is 30.0 Å². The molecule has 0 saturated carbocycles. The third-order valence-electron chi connectivity index (χ3n) is 7.03. The standard InChI is InChI=1S/C28H32F2N4O4S/c1-18(28-31-17-25(32-28)22-12-11-20(29)15-23(22)30)14-26(35)24(16-27(36)34-13-7-6-8-19(34)2)33-39(37,38)21-9-4-3-5-10-21/h3-5,9-12,15,17-19,24,33H,6-8,13-14,16H2,1-2H3,(H,31,32)/t18-,19+,24+/m1/s1. The van der Waals surface area contributed by atoms with Crippen LogP contribution in [0.4, 0.5) is 8.78 Å². The van der Waals surface area contributed by atoms with E-state index >= 15 is 0 Å². The zero-order chi connectivity index (χ0) is 28.2. The van der Waals surface area contributed by atoms with Crippen molar-refractivity contribution in [3.05, 3.63) is 72.2 Å². The topological polar surface area (TPSA) is 112 Å². The van der Waals surface area contributed by atoms with Crippen LogP contribution in [0.15, 0.2) is 59.6 Å². The van der Waals surface area contributed by atoms with Crippen molar-refractivity contribution in [1.82, 2.24) is 19.6 Å². The summed E-state index contributed by atoms with van der Waals surface area (Å²) in [7, 11) is -4.07. The van der Waals surface area contributed by atoms with E-state index in [1.165, 1.54) is 24.4 Å². The zero-order valence-corrected chi connectivity index (χ0v) is 22.7. The van der Waals surface area contributed by atoms with Gasteiger partial charge in [0.05, 0.1) is 29.2 Å². The highest BCUT2D eigenvalue weighted by Crippen LogP contribution is 2.26. The molecular weight excluding hydrogens is 526 g/mol. The smallest absolute Gasteiger partial charge is 0.241 e. The Bertz CT molecular complexity index is 1430. The third kappa shape index (κ3) is 6.96.